The molecule has 1 aromatic carbocycles. The number of hydrogen-bond acceptors (Lipinski definition) is 5. The number of allylic oxidation sites excluding steroid dienone is 2. The first-order valence-electron chi connectivity index (χ1n) is 10.6. The molecule has 0 aromatic heterocycles. The summed E-state index contributed by atoms with van der Waals surface area (Å²) in [5, 5.41) is 0. The lowest BCUT2D eigenvalue weighted by molar-refractivity contribution is 0.0272. The van der Waals surface area contributed by atoms with E-state index in [9.17, 15) is 4.79 Å². The lowest BCUT2D eigenvalue weighted by Gasteiger charge is -2.25. The topological polar surface area (TPSA) is 77.2 Å². The van der Waals surface area contributed by atoms with Crippen molar-refractivity contribution in [3.8, 4) is 5.75 Å². The summed E-state index contributed by atoms with van der Waals surface area (Å²) in [7, 11) is 0. The Labute approximate surface area is 179 Å². The molecule has 1 saturated heterocycles. The van der Waals surface area contributed by atoms with Gasteiger partial charge in [0.05, 0.1) is 6.10 Å². The predicted octanol–water partition coefficient (Wildman–Crippen LogP) is 4.61. The van der Waals surface area contributed by atoms with Gasteiger partial charge in [-0.3, -0.25) is 4.99 Å². The lowest BCUT2D eigenvalue weighted by Crippen LogP contribution is -2.36. The van der Waals surface area contributed by atoms with E-state index in [1.54, 1.807) is 18.6 Å². The number of ether oxygens (including phenoxy) is 2. The van der Waals surface area contributed by atoms with Crippen LogP contribution in [-0.2, 0) is 4.74 Å². The second-order valence-corrected chi connectivity index (χ2v) is 9.03. The molecule has 6 heteroatoms. The van der Waals surface area contributed by atoms with Crippen molar-refractivity contribution in [3.63, 3.8) is 0 Å². The van der Waals surface area contributed by atoms with E-state index in [4.69, 9.17) is 15.2 Å². The van der Waals surface area contributed by atoms with Gasteiger partial charge in [0.2, 0.25) is 0 Å². The number of likely N-dealkylation sites (tertiary alicyclic amines) is 1. The van der Waals surface area contributed by atoms with Crippen molar-refractivity contribution in [2.75, 3.05) is 13.1 Å². The molecule has 0 radical (unpaired) electrons. The predicted molar refractivity (Wildman–Crippen MR) is 120 cm³/mol. The third kappa shape index (κ3) is 5.65. The van der Waals surface area contributed by atoms with E-state index in [1.807, 2.05) is 62.9 Å². The van der Waals surface area contributed by atoms with Gasteiger partial charge in [-0.25, -0.2) is 4.79 Å². The maximum absolute atomic E-state index is 12.3. The minimum atomic E-state index is -0.459. The van der Waals surface area contributed by atoms with Gasteiger partial charge in [0.1, 0.15) is 11.4 Å². The summed E-state index contributed by atoms with van der Waals surface area (Å²) < 4.78 is 11.8. The van der Waals surface area contributed by atoms with E-state index >= 15 is 0 Å². The summed E-state index contributed by atoms with van der Waals surface area (Å²) in [6.45, 7) is 9.12. The molecule has 1 unspecified atom stereocenters. The van der Waals surface area contributed by atoms with Crippen LogP contribution in [0.1, 0.15) is 46.1 Å². The number of fused-ring (bicyclic) bond motifs is 1. The molecule has 0 spiro atoms. The zero-order valence-corrected chi connectivity index (χ0v) is 18.4. The zero-order valence-electron chi connectivity index (χ0n) is 18.4. The van der Waals surface area contributed by atoms with Crippen molar-refractivity contribution < 1.29 is 14.3 Å². The summed E-state index contributed by atoms with van der Waals surface area (Å²) in [6.07, 6.45) is 8.75. The monoisotopic (exact) mass is 411 g/mol. The van der Waals surface area contributed by atoms with E-state index in [-0.39, 0.29) is 12.2 Å². The van der Waals surface area contributed by atoms with Gasteiger partial charge >= 0.3 is 6.09 Å². The third-order valence-corrected chi connectivity index (χ3v) is 5.46. The fourth-order valence-corrected chi connectivity index (χ4v) is 4.18. The highest BCUT2D eigenvalue weighted by Crippen LogP contribution is 2.40. The van der Waals surface area contributed by atoms with Crippen LogP contribution in [-0.4, -0.2) is 42.0 Å². The highest BCUT2D eigenvalue weighted by molar-refractivity contribution is 6.09. The van der Waals surface area contributed by atoms with Gasteiger partial charge in [-0.1, -0.05) is 18.2 Å². The van der Waals surface area contributed by atoms with E-state index in [0.29, 0.717) is 11.8 Å². The molecule has 1 aliphatic carbocycles. The molecule has 1 aliphatic heterocycles. The largest absolute Gasteiger partial charge is 0.490 e. The number of rotatable bonds is 5. The van der Waals surface area contributed by atoms with E-state index < -0.39 is 5.60 Å². The first-order valence-corrected chi connectivity index (χ1v) is 10.6. The number of carbonyl (C=O) groups excluding carboxylic acids is 1. The molecule has 30 heavy (non-hydrogen) atoms. The Morgan fingerprint density at radius 1 is 1.23 bits per heavy atom. The van der Waals surface area contributed by atoms with Crippen molar-refractivity contribution in [1.82, 2.24) is 4.90 Å². The summed E-state index contributed by atoms with van der Waals surface area (Å²) in [4.78, 5) is 18.4. The van der Waals surface area contributed by atoms with Gasteiger partial charge in [0.15, 0.2) is 0 Å². The second-order valence-electron chi connectivity index (χ2n) is 9.03. The quantitative estimate of drug-likeness (QED) is 0.718. The minimum absolute atomic E-state index is 0.165. The van der Waals surface area contributed by atoms with Crippen molar-refractivity contribution >= 4 is 17.9 Å². The molecule has 162 valence electrons. The van der Waals surface area contributed by atoms with E-state index in [2.05, 4.69) is 4.99 Å². The highest BCUT2D eigenvalue weighted by atomic mass is 16.6. The van der Waals surface area contributed by atoms with Crippen molar-refractivity contribution in [2.45, 2.75) is 52.2 Å². The number of carbonyl (C=O) groups is 1. The number of nitrogens with two attached hydrogens (primary N) is 1. The Hall–Kier alpha value is -2.76. The van der Waals surface area contributed by atoms with Crippen molar-refractivity contribution in [2.24, 2.45) is 22.6 Å². The zero-order chi connectivity index (χ0) is 21.7. The molecular weight excluding hydrogens is 378 g/mol. The van der Waals surface area contributed by atoms with Gasteiger partial charge < -0.3 is 20.1 Å². The number of nitrogens with zero attached hydrogens (tertiary/aromatic N) is 2. The molecule has 2 N–H and O–H groups in total. The number of hydrogen-bond donors (Lipinski definition) is 1. The molecule has 1 aromatic rings. The van der Waals surface area contributed by atoms with Gasteiger partial charge in [0, 0.05) is 37.3 Å². The highest BCUT2D eigenvalue weighted by Gasteiger charge is 2.44. The molecule has 3 rings (SSSR count). The maximum Gasteiger partial charge on any atom is 0.410 e. The number of aliphatic imine (C=N–C) groups is 1. The summed E-state index contributed by atoms with van der Waals surface area (Å²) >= 11 is 0. The first-order chi connectivity index (χ1) is 14.3. The molecule has 6 nitrogen and oxygen atoms in total. The van der Waals surface area contributed by atoms with Crippen LogP contribution in [0.3, 0.4) is 0 Å². The molecule has 2 aliphatic rings. The van der Waals surface area contributed by atoms with Crippen molar-refractivity contribution in [1.29, 1.82) is 0 Å². The first kappa shape index (κ1) is 21.9. The van der Waals surface area contributed by atoms with Crippen molar-refractivity contribution in [3.05, 3.63) is 48.3 Å². The fraction of sp³-hybridized carbons (Fsp3) is 0.500. The van der Waals surface area contributed by atoms with Crippen LogP contribution in [0.4, 0.5) is 4.79 Å². The Morgan fingerprint density at radius 3 is 2.53 bits per heavy atom. The van der Waals surface area contributed by atoms with E-state index in [1.165, 1.54) is 0 Å². The Bertz CT molecular complexity index is 824. The lowest BCUT2D eigenvalue weighted by atomic mass is 10.0. The van der Waals surface area contributed by atoms with Crippen LogP contribution in [0.25, 0.3) is 5.57 Å². The fourth-order valence-electron chi connectivity index (χ4n) is 4.18. The number of amides is 1. The van der Waals surface area contributed by atoms with E-state index in [0.717, 1.165) is 42.8 Å². The Morgan fingerprint density at radius 2 is 1.93 bits per heavy atom. The normalized spacial score (nSPS) is 24.6. The smallest absolute Gasteiger partial charge is 0.410 e. The Kier molecular flexibility index (Phi) is 6.85. The van der Waals surface area contributed by atoms with Gasteiger partial charge in [0.25, 0.3) is 0 Å². The summed E-state index contributed by atoms with van der Waals surface area (Å²) in [5.74, 6) is 1.77. The van der Waals surface area contributed by atoms with Crippen LogP contribution in [0, 0.1) is 11.8 Å². The van der Waals surface area contributed by atoms with Gasteiger partial charge in [-0.2, -0.15) is 0 Å². The molecule has 1 amide bonds. The average molecular weight is 412 g/mol. The standard InChI is InChI=1S/C24H33N3O3/c1-5-9-26-14-20(13-25)17-7-6-8-21(10-17)29-22-11-18-15-27(16-19(18)12-22)23(28)30-24(2,3)4/h5-10,13-14,18-19,22H,11-12,15-16,25H2,1-4H3/b9-5+,20-13+,26-14+/t18-,19+,22?. The van der Waals surface area contributed by atoms with Crippen LogP contribution in [0.5, 0.6) is 5.75 Å². The maximum atomic E-state index is 12.3. The average Bonchev–Trinajstić information content (AvgIpc) is 3.23. The molecule has 1 heterocycles. The number of benzene rings is 1. The molecule has 0 bridgehead atoms. The second kappa shape index (κ2) is 9.37. The van der Waals surface area contributed by atoms with Crippen LogP contribution >= 0.6 is 0 Å². The van der Waals surface area contributed by atoms with Gasteiger partial charge in [-0.05, 0) is 70.1 Å². The van der Waals surface area contributed by atoms with Gasteiger partial charge in [-0.15, -0.1) is 0 Å². The molecule has 2 fully saturated rings. The molecule has 3 atom stereocenters. The van der Waals surface area contributed by atoms with Crippen LogP contribution in [0.2, 0.25) is 0 Å². The molecular formula is C24H33N3O3. The Balaban J connectivity index is 1.57. The minimum Gasteiger partial charge on any atom is -0.490 e. The molecule has 1 saturated carbocycles. The van der Waals surface area contributed by atoms with Crippen LogP contribution in [0.15, 0.2) is 47.7 Å². The van der Waals surface area contributed by atoms with Crippen LogP contribution < -0.4 is 10.5 Å². The summed E-state index contributed by atoms with van der Waals surface area (Å²) in [6, 6.07) is 7.94. The third-order valence-electron chi connectivity index (χ3n) is 5.46. The SMILES string of the molecule is C/C=C/N=C/C(=C\N)c1cccc(OC2C[C@@H]3CN(C(=O)OC(C)(C)C)C[C@@H]3C2)c1. The summed E-state index contributed by atoms with van der Waals surface area (Å²) in [5.41, 5.74) is 7.13.